The highest BCUT2D eigenvalue weighted by Crippen LogP contribution is 2.34. The Bertz CT molecular complexity index is 1450. The van der Waals surface area contributed by atoms with E-state index >= 15 is 0 Å². The number of carbonyl (C=O) groups is 1. The Hall–Kier alpha value is -3.15. The van der Waals surface area contributed by atoms with Gasteiger partial charge in [-0.05, 0) is 49.2 Å². The number of amides is 1. The Labute approximate surface area is 200 Å². The summed E-state index contributed by atoms with van der Waals surface area (Å²) in [5, 5.41) is 12.3. The lowest BCUT2D eigenvalue weighted by molar-refractivity contribution is 0.103. The molecule has 0 aliphatic carbocycles. The number of thiophene rings is 1. The van der Waals surface area contributed by atoms with E-state index in [4.69, 9.17) is 4.42 Å². The standard InChI is InChI=1S/C22H16FN5O2S3/c1-11-16-12(2)24-18(15-4-3-9-30-15)25-20(16)32-17(11)19(29)26-21-27-28-22(33-21)31-10-13-5-7-14(23)8-6-13/h3-9H,10H2,1-2H3,(H,26,27,29). The first-order chi connectivity index (χ1) is 16.0. The molecule has 7 nitrogen and oxygen atoms in total. The van der Waals surface area contributed by atoms with Crippen molar-refractivity contribution < 1.29 is 13.6 Å². The van der Waals surface area contributed by atoms with E-state index in [9.17, 15) is 9.18 Å². The van der Waals surface area contributed by atoms with Gasteiger partial charge in [0.15, 0.2) is 15.9 Å². The van der Waals surface area contributed by atoms with E-state index in [-0.39, 0.29) is 11.7 Å². The second kappa shape index (κ2) is 9.00. The fourth-order valence-electron chi connectivity index (χ4n) is 3.27. The van der Waals surface area contributed by atoms with E-state index in [0.29, 0.717) is 31.7 Å². The summed E-state index contributed by atoms with van der Waals surface area (Å²) >= 11 is 4.08. The molecule has 5 rings (SSSR count). The van der Waals surface area contributed by atoms with Crippen LogP contribution in [-0.4, -0.2) is 26.1 Å². The number of halogens is 1. The minimum atomic E-state index is -0.264. The minimum Gasteiger partial charge on any atom is -0.461 e. The summed E-state index contributed by atoms with van der Waals surface area (Å²) in [7, 11) is 0. The first-order valence-electron chi connectivity index (χ1n) is 9.81. The van der Waals surface area contributed by atoms with Gasteiger partial charge >= 0.3 is 0 Å². The number of aryl methyl sites for hydroxylation is 2. The number of furan rings is 1. The van der Waals surface area contributed by atoms with Crippen molar-refractivity contribution in [2.24, 2.45) is 0 Å². The van der Waals surface area contributed by atoms with Gasteiger partial charge in [-0.1, -0.05) is 35.2 Å². The van der Waals surface area contributed by atoms with Crippen LogP contribution in [-0.2, 0) is 5.75 Å². The third kappa shape index (κ3) is 4.52. The average molecular weight is 498 g/mol. The first kappa shape index (κ1) is 21.7. The lowest BCUT2D eigenvalue weighted by atomic mass is 10.1. The highest BCUT2D eigenvalue weighted by Gasteiger charge is 2.21. The molecule has 4 aromatic heterocycles. The molecule has 1 N–H and O–H groups in total. The zero-order valence-electron chi connectivity index (χ0n) is 17.5. The van der Waals surface area contributed by atoms with Gasteiger partial charge in [0, 0.05) is 11.1 Å². The summed E-state index contributed by atoms with van der Waals surface area (Å²) in [6.07, 6.45) is 1.57. The van der Waals surface area contributed by atoms with Gasteiger partial charge in [-0.15, -0.1) is 21.5 Å². The molecule has 0 saturated carbocycles. The van der Waals surface area contributed by atoms with Crippen molar-refractivity contribution in [1.82, 2.24) is 20.2 Å². The molecule has 0 bridgehead atoms. The molecule has 5 aromatic rings. The van der Waals surface area contributed by atoms with Gasteiger partial charge in [-0.25, -0.2) is 14.4 Å². The molecule has 11 heteroatoms. The topological polar surface area (TPSA) is 93.8 Å². The molecule has 166 valence electrons. The maximum atomic E-state index is 13.0. The summed E-state index contributed by atoms with van der Waals surface area (Å²) in [5.74, 6) is 1.18. The average Bonchev–Trinajstić information content (AvgIpc) is 3.54. The highest BCUT2D eigenvalue weighted by molar-refractivity contribution is 8.00. The molecular weight excluding hydrogens is 481 g/mol. The summed E-state index contributed by atoms with van der Waals surface area (Å²) in [6.45, 7) is 3.79. The number of nitrogens with one attached hydrogen (secondary N) is 1. The van der Waals surface area contributed by atoms with E-state index in [2.05, 4.69) is 25.5 Å². The quantitative estimate of drug-likeness (QED) is 0.224. The first-order valence-corrected chi connectivity index (χ1v) is 12.4. The lowest BCUT2D eigenvalue weighted by Gasteiger charge is -2.01. The molecular formula is C22H16FN5O2S3. The van der Waals surface area contributed by atoms with Crippen molar-refractivity contribution in [3.05, 3.63) is 70.2 Å². The molecule has 1 aromatic carbocycles. The van der Waals surface area contributed by atoms with Crippen LogP contribution < -0.4 is 5.32 Å². The SMILES string of the molecule is Cc1nc(-c2ccco2)nc2sc(C(=O)Nc3nnc(SCc4ccc(F)cc4)s3)c(C)c12. The molecule has 0 aliphatic heterocycles. The highest BCUT2D eigenvalue weighted by atomic mass is 32.2. The molecule has 0 fully saturated rings. The van der Waals surface area contributed by atoms with E-state index in [1.165, 1.54) is 46.6 Å². The number of anilines is 1. The minimum absolute atomic E-state index is 0.263. The number of hydrogen-bond donors (Lipinski definition) is 1. The van der Waals surface area contributed by atoms with Gasteiger partial charge in [-0.2, -0.15) is 0 Å². The predicted octanol–water partition coefficient (Wildman–Crippen LogP) is 6.10. The normalized spacial score (nSPS) is 11.2. The van der Waals surface area contributed by atoms with Crippen LogP contribution in [0, 0.1) is 19.7 Å². The van der Waals surface area contributed by atoms with E-state index in [0.717, 1.165) is 27.0 Å². The zero-order valence-corrected chi connectivity index (χ0v) is 19.9. The van der Waals surface area contributed by atoms with Crippen LogP contribution in [0.2, 0.25) is 0 Å². The van der Waals surface area contributed by atoms with Gasteiger partial charge in [0.25, 0.3) is 5.91 Å². The zero-order chi connectivity index (χ0) is 22.9. The number of fused-ring (bicyclic) bond motifs is 1. The van der Waals surface area contributed by atoms with Gasteiger partial charge < -0.3 is 4.42 Å². The van der Waals surface area contributed by atoms with Crippen molar-refractivity contribution in [3.63, 3.8) is 0 Å². The molecule has 0 saturated heterocycles. The molecule has 0 radical (unpaired) electrons. The number of rotatable bonds is 6. The Morgan fingerprint density at radius 1 is 1.12 bits per heavy atom. The second-order valence-electron chi connectivity index (χ2n) is 7.09. The summed E-state index contributed by atoms with van der Waals surface area (Å²) in [6, 6.07) is 9.91. The van der Waals surface area contributed by atoms with Gasteiger partial charge in [-0.3, -0.25) is 10.1 Å². The molecule has 4 heterocycles. The fourth-order valence-corrected chi connectivity index (χ4v) is 6.10. The largest absolute Gasteiger partial charge is 0.461 e. The number of carbonyl (C=O) groups excluding carboxylic acids is 1. The molecule has 0 unspecified atom stereocenters. The molecule has 33 heavy (non-hydrogen) atoms. The van der Waals surface area contributed by atoms with Gasteiger partial charge in [0.05, 0.1) is 16.8 Å². The monoisotopic (exact) mass is 497 g/mol. The van der Waals surface area contributed by atoms with E-state index in [1.54, 1.807) is 30.5 Å². The van der Waals surface area contributed by atoms with Crippen molar-refractivity contribution in [2.45, 2.75) is 23.9 Å². The van der Waals surface area contributed by atoms with Crippen LogP contribution in [0.1, 0.15) is 26.5 Å². The third-order valence-electron chi connectivity index (χ3n) is 4.82. The van der Waals surface area contributed by atoms with Gasteiger partial charge in [0.2, 0.25) is 5.13 Å². The number of thioether (sulfide) groups is 1. The molecule has 1 amide bonds. The summed E-state index contributed by atoms with van der Waals surface area (Å²) in [5.41, 5.74) is 2.59. The van der Waals surface area contributed by atoms with Crippen LogP contribution in [0.3, 0.4) is 0 Å². The molecule has 0 aliphatic rings. The number of benzene rings is 1. The van der Waals surface area contributed by atoms with Crippen LogP contribution in [0.25, 0.3) is 21.8 Å². The Morgan fingerprint density at radius 3 is 2.70 bits per heavy atom. The summed E-state index contributed by atoms with van der Waals surface area (Å²) < 4.78 is 19.2. The van der Waals surface area contributed by atoms with Crippen LogP contribution in [0.15, 0.2) is 51.4 Å². The van der Waals surface area contributed by atoms with Crippen LogP contribution in [0.4, 0.5) is 9.52 Å². The van der Waals surface area contributed by atoms with Crippen molar-refractivity contribution >= 4 is 55.7 Å². The molecule has 0 atom stereocenters. The smallest absolute Gasteiger partial charge is 0.267 e. The van der Waals surface area contributed by atoms with E-state index in [1.807, 2.05) is 13.8 Å². The second-order valence-corrected chi connectivity index (χ2v) is 10.3. The summed E-state index contributed by atoms with van der Waals surface area (Å²) in [4.78, 5) is 23.4. The van der Waals surface area contributed by atoms with Crippen molar-refractivity contribution in [1.29, 1.82) is 0 Å². The Balaban J connectivity index is 1.32. The number of nitrogens with zero attached hydrogens (tertiary/aromatic N) is 4. The number of hydrogen-bond acceptors (Lipinski definition) is 9. The fraction of sp³-hybridized carbons (Fsp3) is 0.136. The van der Waals surface area contributed by atoms with Crippen molar-refractivity contribution in [3.8, 4) is 11.6 Å². The Kier molecular flexibility index (Phi) is 5.92. The van der Waals surface area contributed by atoms with Gasteiger partial charge in [0.1, 0.15) is 10.6 Å². The van der Waals surface area contributed by atoms with Crippen molar-refractivity contribution in [2.75, 3.05) is 5.32 Å². The van der Waals surface area contributed by atoms with E-state index < -0.39 is 0 Å². The number of aromatic nitrogens is 4. The Morgan fingerprint density at radius 2 is 1.94 bits per heavy atom. The van der Waals surface area contributed by atoms with Crippen LogP contribution >= 0.6 is 34.4 Å². The third-order valence-corrected chi connectivity index (χ3v) is 8.05. The maximum absolute atomic E-state index is 13.0. The lowest BCUT2D eigenvalue weighted by Crippen LogP contribution is -2.11. The maximum Gasteiger partial charge on any atom is 0.267 e. The van der Waals surface area contributed by atoms with Crippen LogP contribution in [0.5, 0.6) is 0 Å². The predicted molar refractivity (Wildman–Crippen MR) is 128 cm³/mol. The molecule has 0 spiro atoms.